The van der Waals surface area contributed by atoms with Crippen LogP contribution in [0, 0.1) is 0 Å². The van der Waals surface area contributed by atoms with Crippen LogP contribution in [0.25, 0.3) is 22.6 Å². The second-order valence-corrected chi connectivity index (χ2v) is 9.57. The molecule has 0 saturated carbocycles. The van der Waals surface area contributed by atoms with Gasteiger partial charge >= 0.3 is 18.2 Å². The standard InChI is InChI=1S/C24H18Cl2F6N4O5/c1-10(13-5-4-12(25)8-14(13)26)40-15-6-3-11(7-16(15)41-24(30,31)32)19-33-20-18(35(19)2)21(38)34-22(39)36(20)9-17(37)23(27,28)29/h3-8,10,17,37H,9H2,1-2H3,(H,34,38,39)/t10-,17+/m0/s1. The average Bonchev–Trinajstić information content (AvgIpc) is 3.18. The van der Waals surface area contributed by atoms with Gasteiger partial charge in [-0.3, -0.25) is 14.3 Å². The van der Waals surface area contributed by atoms with Crippen LogP contribution in [0.15, 0.2) is 46.0 Å². The lowest BCUT2D eigenvalue weighted by Crippen LogP contribution is -2.39. The summed E-state index contributed by atoms with van der Waals surface area (Å²) in [5.41, 5.74) is -2.89. The normalized spacial score (nSPS) is 13.8. The number of aryl methyl sites for hydroxylation is 1. The molecule has 2 heterocycles. The molecule has 4 aromatic rings. The number of H-pyrrole nitrogens is 1. The van der Waals surface area contributed by atoms with Gasteiger partial charge in [0.2, 0.25) is 0 Å². The van der Waals surface area contributed by atoms with E-state index in [0.29, 0.717) is 15.2 Å². The highest BCUT2D eigenvalue weighted by Gasteiger charge is 2.39. The highest BCUT2D eigenvalue weighted by atomic mass is 35.5. The van der Waals surface area contributed by atoms with Gasteiger partial charge < -0.3 is 19.1 Å². The molecule has 0 aliphatic rings. The zero-order valence-corrected chi connectivity index (χ0v) is 22.3. The number of fused-ring (bicyclic) bond motifs is 1. The van der Waals surface area contributed by atoms with Crippen molar-refractivity contribution in [2.75, 3.05) is 0 Å². The van der Waals surface area contributed by atoms with Crippen LogP contribution in [0.2, 0.25) is 10.0 Å². The molecule has 0 bridgehead atoms. The van der Waals surface area contributed by atoms with Crippen molar-refractivity contribution in [3.8, 4) is 22.9 Å². The molecule has 2 N–H and O–H groups in total. The van der Waals surface area contributed by atoms with Gasteiger partial charge in [0.15, 0.2) is 28.8 Å². The molecular weight excluding hydrogens is 609 g/mol. The van der Waals surface area contributed by atoms with Gasteiger partial charge in [0, 0.05) is 28.2 Å². The molecule has 2 atom stereocenters. The Morgan fingerprint density at radius 2 is 1.73 bits per heavy atom. The summed E-state index contributed by atoms with van der Waals surface area (Å²) < 4.78 is 90.1. The number of alkyl halides is 6. The van der Waals surface area contributed by atoms with Crippen LogP contribution >= 0.6 is 23.2 Å². The van der Waals surface area contributed by atoms with E-state index in [4.69, 9.17) is 27.9 Å². The number of aliphatic hydroxyl groups excluding tert-OH is 1. The summed E-state index contributed by atoms with van der Waals surface area (Å²) in [7, 11) is 1.26. The van der Waals surface area contributed by atoms with Gasteiger partial charge in [0.1, 0.15) is 11.9 Å². The number of hydrogen-bond acceptors (Lipinski definition) is 6. The largest absolute Gasteiger partial charge is 0.573 e. The van der Waals surface area contributed by atoms with E-state index in [1.54, 1.807) is 0 Å². The molecule has 0 fully saturated rings. The number of aromatic amines is 1. The predicted molar refractivity (Wildman–Crippen MR) is 135 cm³/mol. The fourth-order valence-electron chi connectivity index (χ4n) is 3.98. The molecule has 220 valence electrons. The molecule has 17 heteroatoms. The van der Waals surface area contributed by atoms with Crippen molar-refractivity contribution in [2.24, 2.45) is 7.05 Å². The van der Waals surface area contributed by atoms with Gasteiger partial charge in [0.25, 0.3) is 5.56 Å². The van der Waals surface area contributed by atoms with E-state index in [1.807, 2.05) is 4.98 Å². The SMILES string of the molecule is C[C@H](Oc1ccc(-c2nc3c(c(=O)[nH]c(=O)n3C[C@@H](O)C(F)(F)F)n2C)cc1OC(F)(F)F)c1ccc(Cl)cc1Cl. The van der Waals surface area contributed by atoms with E-state index in [0.717, 1.165) is 16.7 Å². The molecule has 2 aromatic carbocycles. The third-order valence-corrected chi connectivity index (χ3v) is 6.44. The number of ether oxygens (including phenoxy) is 2. The average molecular weight is 627 g/mol. The lowest BCUT2D eigenvalue weighted by atomic mass is 10.1. The van der Waals surface area contributed by atoms with Gasteiger partial charge in [0.05, 0.1) is 6.54 Å². The van der Waals surface area contributed by atoms with Gasteiger partial charge in [-0.25, -0.2) is 9.78 Å². The Hall–Kier alpha value is -3.69. The van der Waals surface area contributed by atoms with Crippen molar-refractivity contribution in [3.63, 3.8) is 0 Å². The first kappa shape index (κ1) is 30.3. The number of aliphatic hydroxyl groups is 1. The van der Waals surface area contributed by atoms with Crippen molar-refractivity contribution < 1.29 is 40.9 Å². The molecule has 0 aliphatic carbocycles. The fraction of sp³-hybridized carbons (Fsp3) is 0.292. The number of hydrogen-bond donors (Lipinski definition) is 2. The molecule has 0 unspecified atom stereocenters. The maximum Gasteiger partial charge on any atom is 0.573 e. The van der Waals surface area contributed by atoms with E-state index in [1.165, 1.54) is 38.2 Å². The van der Waals surface area contributed by atoms with Gasteiger partial charge in [-0.15, -0.1) is 13.2 Å². The Balaban J connectivity index is 1.82. The first-order chi connectivity index (χ1) is 19.0. The molecule has 0 aliphatic heterocycles. The van der Waals surface area contributed by atoms with Crippen molar-refractivity contribution in [3.05, 3.63) is 72.8 Å². The van der Waals surface area contributed by atoms with Crippen molar-refractivity contribution >= 4 is 34.4 Å². The van der Waals surface area contributed by atoms with Gasteiger partial charge in [-0.1, -0.05) is 29.3 Å². The van der Waals surface area contributed by atoms with Crippen LogP contribution in [0.4, 0.5) is 26.3 Å². The maximum absolute atomic E-state index is 13.3. The third kappa shape index (κ3) is 6.47. The summed E-state index contributed by atoms with van der Waals surface area (Å²) in [6, 6.07) is 7.74. The first-order valence-electron chi connectivity index (χ1n) is 11.4. The summed E-state index contributed by atoms with van der Waals surface area (Å²) in [5.74, 6) is -1.37. The van der Waals surface area contributed by atoms with Crippen molar-refractivity contribution in [1.82, 2.24) is 19.1 Å². The lowest BCUT2D eigenvalue weighted by Gasteiger charge is -2.20. The van der Waals surface area contributed by atoms with E-state index >= 15 is 0 Å². The Morgan fingerprint density at radius 3 is 2.34 bits per heavy atom. The zero-order chi connectivity index (χ0) is 30.4. The summed E-state index contributed by atoms with van der Waals surface area (Å²) in [5, 5.41) is 10.0. The maximum atomic E-state index is 13.3. The van der Waals surface area contributed by atoms with E-state index in [2.05, 4.69) is 9.72 Å². The number of nitrogens with zero attached hydrogens (tertiary/aromatic N) is 3. The van der Waals surface area contributed by atoms with Crippen LogP contribution in [0.3, 0.4) is 0 Å². The van der Waals surface area contributed by atoms with Gasteiger partial charge in [-0.2, -0.15) is 13.2 Å². The van der Waals surface area contributed by atoms with Gasteiger partial charge in [-0.05, 0) is 37.3 Å². The Morgan fingerprint density at radius 1 is 1.05 bits per heavy atom. The lowest BCUT2D eigenvalue weighted by molar-refractivity contribution is -0.275. The molecule has 0 spiro atoms. The number of benzene rings is 2. The number of halogens is 8. The highest BCUT2D eigenvalue weighted by Crippen LogP contribution is 2.39. The highest BCUT2D eigenvalue weighted by molar-refractivity contribution is 6.35. The number of imidazole rings is 1. The Bertz CT molecular complexity index is 1730. The van der Waals surface area contributed by atoms with Crippen molar-refractivity contribution in [2.45, 2.75) is 38.2 Å². The van der Waals surface area contributed by atoms with Crippen molar-refractivity contribution in [1.29, 1.82) is 0 Å². The van der Waals surface area contributed by atoms with Crippen LogP contribution in [-0.4, -0.2) is 42.9 Å². The van der Waals surface area contributed by atoms with Crippen LogP contribution in [0.1, 0.15) is 18.6 Å². The smallest absolute Gasteiger partial charge is 0.482 e. The van der Waals surface area contributed by atoms with Crippen LogP contribution in [0.5, 0.6) is 11.5 Å². The minimum Gasteiger partial charge on any atom is -0.482 e. The monoisotopic (exact) mass is 626 g/mol. The molecule has 2 aromatic heterocycles. The van der Waals surface area contributed by atoms with E-state index < -0.39 is 53.9 Å². The molecule has 0 radical (unpaired) electrons. The van der Waals surface area contributed by atoms with Crippen LogP contribution in [-0.2, 0) is 13.6 Å². The molecule has 9 nitrogen and oxygen atoms in total. The topological polar surface area (TPSA) is 111 Å². The molecular formula is C24H18Cl2F6N4O5. The summed E-state index contributed by atoms with van der Waals surface area (Å²) >= 11 is 12.1. The quantitative estimate of drug-likeness (QED) is 0.267. The predicted octanol–water partition coefficient (Wildman–Crippen LogP) is 5.36. The summed E-state index contributed by atoms with van der Waals surface area (Å²) in [6.07, 6.45) is -14.1. The minimum absolute atomic E-state index is 0.0813. The Labute approximate surface area is 235 Å². The minimum atomic E-state index is -5.16. The molecule has 0 amide bonds. The van der Waals surface area contributed by atoms with Crippen LogP contribution < -0.4 is 20.7 Å². The zero-order valence-electron chi connectivity index (χ0n) is 20.8. The molecule has 0 saturated heterocycles. The summed E-state index contributed by atoms with van der Waals surface area (Å²) in [4.78, 5) is 30.7. The summed E-state index contributed by atoms with van der Waals surface area (Å²) in [6.45, 7) is 0.221. The number of nitrogens with one attached hydrogen (secondary N) is 1. The molecule has 41 heavy (non-hydrogen) atoms. The number of aromatic nitrogens is 4. The van der Waals surface area contributed by atoms with E-state index in [-0.39, 0.29) is 27.7 Å². The Kier molecular flexibility index (Phi) is 8.08. The number of rotatable bonds is 7. The fourth-order valence-corrected chi connectivity index (χ4v) is 4.55. The second kappa shape index (κ2) is 10.9. The second-order valence-electron chi connectivity index (χ2n) is 8.73. The first-order valence-corrected chi connectivity index (χ1v) is 12.2. The van der Waals surface area contributed by atoms with E-state index in [9.17, 15) is 41.0 Å². The molecule has 4 rings (SSSR count). The third-order valence-electron chi connectivity index (χ3n) is 5.88.